The van der Waals surface area contributed by atoms with Crippen LogP contribution in [0.15, 0.2) is 41.0 Å². The Hall–Kier alpha value is -2.62. The van der Waals surface area contributed by atoms with Crippen LogP contribution in [-0.2, 0) is 9.53 Å². The molecular weight excluding hydrogens is 292 g/mol. The average Bonchev–Trinajstić information content (AvgIpc) is 3.01. The van der Waals surface area contributed by atoms with E-state index in [1.54, 1.807) is 19.1 Å². The third kappa shape index (κ3) is 4.19. The Morgan fingerprint density at radius 3 is 2.48 bits per heavy atom. The van der Waals surface area contributed by atoms with Gasteiger partial charge in [-0.25, -0.2) is 4.79 Å². The number of benzene rings is 1. The summed E-state index contributed by atoms with van der Waals surface area (Å²) in [4.78, 5) is 24.3. The number of Topliss-reactive ketones (excluding diaryl/α,β-unsaturated/α-hetero) is 1. The fraction of sp³-hybridized carbons (Fsp3) is 0.263. The highest BCUT2D eigenvalue weighted by Crippen LogP contribution is 2.18. The highest BCUT2D eigenvalue weighted by molar-refractivity contribution is 6.02. The molecule has 0 spiro atoms. The summed E-state index contributed by atoms with van der Waals surface area (Å²) in [5.41, 5.74) is 3.64. The first-order valence-electron chi connectivity index (χ1n) is 7.42. The Morgan fingerprint density at radius 2 is 1.83 bits per heavy atom. The van der Waals surface area contributed by atoms with Crippen molar-refractivity contribution in [2.45, 2.75) is 33.8 Å². The van der Waals surface area contributed by atoms with Crippen molar-refractivity contribution in [2.24, 2.45) is 0 Å². The first-order chi connectivity index (χ1) is 10.9. The van der Waals surface area contributed by atoms with Crippen molar-refractivity contribution in [3.8, 4) is 0 Å². The number of carbonyl (C=O) groups excluding carboxylic acids is 2. The fourth-order valence-electron chi connectivity index (χ4n) is 2.25. The SMILES string of the molecule is Cc1cc(C)c(C(=O)C(C)OC(=O)/C=C/c2ccco2)cc1C. The lowest BCUT2D eigenvalue weighted by Crippen LogP contribution is -2.24. The van der Waals surface area contributed by atoms with Gasteiger partial charge in [0, 0.05) is 11.6 Å². The van der Waals surface area contributed by atoms with Gasteiger partial charge in [0.1, 0.15) is 5.76 Å². The van der Waals surface area contributed by atoms with Crippen LogP contribution < -0.4 is 0 Å². The summed E-state index contributed by atoms with van der Waals surface area (Å²) < 4.78 is 10.3. The number of ether oxygens (including phenoxy) is 1. The number of esters is 1. The van der Waals surface area contributed by atoms with Crippen molar-refractivity contribution in [1.82, 2.24) is 0 Å². The molecule has 1 atom stereocenters. The van der Waals surface area contributed by atoms with Crippen LogP contribution in [0, 0.1) is 20.8 Å². The third-order valence-corrected chi connectivity index (χ3v) is 3.70. The summed E-state index contributed by atoms with van der Waals surface area (Å²) >= 11 is 0. The van der Waals surface area contributed by atoms with Gasteiger partial charge >= 0.3 is 5.97 Å². The second-order valence-electron chi connectivity index (χ2n) is 5.54. The van der Waals surface area contributed by atoms with E-state index >= 15 is 0 Å². The number of hydrogen-bond donors (Lipinski definition) is 0. The topological polar surface area (TPSA) is 56.5 Å². The predicted molar refractivity (Wildman–Crippen MR) is 88.3 cm³/mol. The number of furan rings is 1. The fourth-order valence-corrected chi connectivity index (χ4v) is 2.25. The van der Waals surface area contributed by atoms with Gasteiger partial charge in [0.05, 0.1) is 6.26 Å². The molecule has 1 unspecified atom stereocenters. The average molecular weight is 312 g/mol. The van der Waals surface area contributed by atoms with Crippen molar-refractivity contribution < 1.29 is 18.7 Å². The zero-order valence-electron chi connectivity index (χ0n) is 13.8. The summed E-state index contributed by atoms with van der Waals surface area (Å²) in [6, 6.07) is 7.25. The molecule has 1 aromatic carbocycles. The van der Waals surface area contributed by atoms with Crippen molar-refractivity contribution in [2.75, 3.05) is 0 Å². The van der Waals surface area contributed by atoms with Crippen molar-refractivity contribution in [1.29, 1.82) is 0 Å². The van der Waals surface area contributed by atoms with E-state index in [4.69, 9.17) is 9.15 Å². The maximum atomic E-state index is 12.5. The molecular formula is C19H20O4. The molecule has 0 aliphatic heterocycles. The standard InChI is InChI=1S/C19H20O4/c1-12-10-14(3)17(11-13(12)2)19(21)15(4)23-18(20)8-7-16-6-5-9-22-16/h5-11,15H,1-4H3/b8-7+. The molecule has 0 bridgehead atoms. The molecule has 4 nitrogen and oxygen atoms in total. The number of hydrogen-bond acceptors (Lipinski definition) is 4. The van der Waals surface area contributed by atoms with Crippen LogP contribution in [0.1, 0.15) is 39.7 Å². The Labute approximate surface area is 135 Å². The number of aryl methyl sites for hydroxylation is 3. The van der Waals surface area contributed by atoms with Crippen molar-refractivity contribution >= 4 is 17.8 Å². The summed E-state index contributed by atoms with van der Waals surface area (Å²) in [6.45, 7) is 7.41. The third-order valence-electron chi connectivity index (χ3n) is 3.70. The van der Waals surface area contributed by atoms with E-state index in [0.29, 0.717) is 11.3 Å². The Kier molecular flexibility index (Phi) is 5.16. The van der Waals surface area contributed by atoms with Gasteiger partial charge in [-0.3, -0.25) is 4.79 Å². The van der Waals surface area contributed by atoms with Crippen LogP contribution in [0.5, 0.6) is 0 Å². The summed E-state index contributed by atoms with van der Waals surface area (Å²) in [6.07, 6.45) is 3.42. The maximum absolute atomic E-state index is 12.5. The van der Waals surface area contributed by atoms with Crippen molar-refractivity contribution in [3.63, 3.8) is 0 Å². The molecule has 1 aromatic heterocycles. The lowest BCUT2D eigenvalue weighted by Gasteiger charge is -2.14. The van der Waals surface area contributed by atoms with Gasteiger partial charge in [-0.2, -0.15) is 0 Å². The number of ketones is 1. The molecule has 0 aliphatic rings. The van der Waals surface area contributed by atoms with Gasteiger partial charge in [0.25, 0.3) is 0 Å². The van der Waals surface area contributed by atoms with E-state index in [9.17, 15) is 9.59 Å². The molecule has 2 rings (SSSR count). The second kappa shape index (κ2) is 7.09. The number of rotatable bonds is 5. The summed E-state index contributed by atoms with van der Waals surface area (Å²) in [5.74, 6) is -0.236. The molecule has 0 aliphatic carbocycles. The van der Waals surface area contributed by atoms with E-state index in [0.717, 1.165) is 16.7 Å². The minimum absolute atomic E-state index is 0.203. The first kappa shape index (κ1) is 16.7. The number of carbonyl (C=O) groups is 2. The molecule has 0 saturated heterocycles. The molecule has 1 heterocycles. The Morgan fingerprint density at radius 1 is 1.13 bits per heavy atom. The van der Waals surface area contributed by atoms with E-state index in [1.165, 1.54) is 18.4 Å². The van der Waals surface area contributed by atoms with Crippen LogP contribution in [0.2, 0.25) is 0 Å². The highest BCUT2D eigenvalue weighted by atomic mass is 16.5. The van der Waals surface area contributed by atoms with E-state index in [1.807, 2.05) is 32.9 Å². The molecule has 2 aromatic rings. The summed E-state index contributed by atoms with van der Waals surface area (Å²) in [7, 11) is 0. The smallest absolute Gasteiger partial charge is 0.331 e. The molecule has 4 heteroatoms. The monoisotopic (exact) mass is 312 g/mol. The zero-order valence-corrected chi connectivity index (χ0v) is 13.8. The van der Waals surface area contributed by atoms with Gasteiger partial charge in [0.2, 0.25) is 5.78 Å². The van der Waals surface area contributed by atoms with Gasteiger partial charge < -0.3 is 9.15 Å². The first-order valence-corrected chi connectivity index (χ1v) is 7.42. The lowest BCUT2D eigenvalue weighted by molar-refractivity contribution is -0.140. The zero-order chi connectivity index (χ0) is 17.0. The van der Waals surface area contributed by atoms with Crippen LogP contribution in [0.4, 0.5) is 0 Å². The minimum atomic E-state index is -0.843. The maximum Gasteiger partial charge on any atom is 0.331 e. The van der Waals surface area contributed by atoms with Crippen LogP contribution in [0.3, 0.4) is 0 Å². The Balaban J connectivity index is 2.05. The largest absolute Gasteiger partial charge is 0.465 e. The molecule has 0 N–H and O–H groups in total. The molecule has 0 fully saturated rings. The van der Waals surface area contributed by atoms with Gasteiger partial charge in [-0.1, -0.05) is 6.07 Å². The van der Waals surface area contributed by atoms with E-state index in [2.05, 4.69) is 0 Å². The van der Waals surface area contributed by atoms with Gasteiger partial charge in [0.15, 0.2) is 6.10 Å². The van der Waals surface area contributed by atoms with Crippen LogP contribution in [0.25, 0.3) is 6.08 Å². The quantitative estimate of drug-likeness (QED) is 0.475. The predicted octanol–water partition coefficient (Wildman–Crippen LogP) is 4.03. The molecule has 23 heavy (non-hydrogen) atoms. The van der Waals surface area contributed by atoms with Crippen molar-refractivity contribution in [3.05, 3.63) is 64.6 Å². The van der Waals surface area contributed by atoms with E-state index in [-0.39, 0.29) is 5.78 Å². The molecule has 0 saturated carbocycles. The lowest BCUT2D eigenvalue weighted by atomic mass is 9.96. The Bertz CT molecular complexity index is 739. The van der Waals surface area contributed by atoms with E-state index < -0.39 is 12.1 Å². The molecule has 120 valence electrons. The van der Waals surface area contributed by atoms with Crippen LogP contribution >= 0.6 is 0 Å². The highest BCUT2D eigenvalue weighted by Gasteiger charge is 2.20. The normalized spacial score (nSPS) is 12.3. The molecule has 0 amide bonds. The van der Waals surface area contributed by atoms with Gasteiger partial charge in [-0.05, 0) is 68.7 Å². The molecule has 0 radical (unpaired) electrons. The minimum Gasteiger partial charge on any atom is -0.465 e. The van der Waals surface area contributed by atoms with Gasteiger partial charge in [-0.15, -0.1) is 0 Å². The summed E-state index contributed by atoms with van der Waals surface area (Å²) in [5, 5.41) is 0. The second-order valence-corrected chi connectivity index (χ2v) is 5.54. The van der Waals surface area contributed by atoms with Crippen LogP contribution in [-0.4, -0.2) is 17.9 Å².